The van der Waals surface area contributed by atoms with E-state index in [9.17, 15) is 14.4 Å². The first-order valence-corrected chi connectivity index (χ1v) is 8.88. The van der Waals surface area contributed by atoms with E-state index >= 15 is 0 Å². The number of thiol groups is 1. The van der Waals surface area contributed by atoms with Gasteiger partial charge in [-0.2, -0.15) is 0 Å². The lowest BCUT2D eigenvalue weighted by atomic mass is 10.2. The molecule has 0 aliphatic heterocycles. The number of methoxy groups -OCH3 is 1. The summed E-state index contributed by atoms with van der Waals surface area (Å²) in [6.07, 6.45) is 0. The maximum atomic E-state index is 12.6. The van der Waals surface area contributed by atoms with Gasteiger partial charge in [-0.3, -0.25) is 4.79 Å². The van der Waals surface area contributed by atoms with E-state index in [-0.39, 0.29) is 28.1 Å². The molecule has 0 aromatic heterocycles. The fourth-order valence-electron chi connectivity index (χ4n) is 2.23. The van der Waals surface area contributed by atoms with Crippen molar-refractivity contribution in [3.05, 3.63) is 41.4 Å². The van der Waals surface area contributed by atoms with Gasteiger partial charge in [0.15, 0.2) is 6.61 Å². The Hall–Kier alpha value is -3.11. The maximum Gasteiger partial charge on any atom is 0.341 e. The Balaban J connectivity index is 2.21. The number of hydrogen-bond acceptors (Lipinski definition) is 6. The molecular formula is C18H18ClN3O6S. The lowest BCUT2D eigenvalue weighted by molar-refractivity contribution is -0.139. The van der Waals surface area contributed by atoms with Crippen LogP contribution in [0.3, 0.4) is 0 Å². The summed E-state index contributed by atoms with van der Waals surface area (Å²) in [5, 5.41) is 14.2. The Morgan fingerprint density at radius 2 is 1.69 bits per heavy atom. The fourth-order valence-corrected chi connectivity index (χ4v) is 2.67. The number of halogens is 1. The lowest BCUT2D eigenvalue weighted by Crippen LogP contribution is -2.27. The molecule has 0 heterocycles. The SMILES string of the molecule is COc1cc(OCC(=O)O)c(N(S)C(=O)Nc2ccc(NC(C)=O)cc2)cc1Cl. The van der Waals surface area contributed by atoms with Crippen LogP contribution < -0.4 is 24.4 Å². The van der Waals surface area contributed by atoms with Crippen molar-refractivity contribution in [2.24, 2.45) is 0 Å². The number of benzene rings is 2. The van der Waals surface area contributed by atoms with E-state index in [4.69, 9.17) is 26.2 Å². The van der Waals surface area contributed by atoms with Gasteiger partial charge in [-0.05, 0) is 30.3 Å². The van der Waals surface area contributed by atoms with Crippen LogP contribution in [0.25, 0.3) is 0 Å². The predicted molar refractivity (Wildman–Crippen MR) is 112 cm³/mol. The molecule has 3 amide bonds. The summed E-state index contributed by atoms with van der Waals surface area (Å²) in [7, 11) is 1.39. The van der Waals surface area contributed by atoms with E-state index in [2.05, 4.69) is 23.4 Å². The largest absolute Gasteiger partial charge is 0.495 e. The summed E-state index contributed by atoms with van der Waals surface area (Å²) in [6.45, 7) is 0.754. The molecule has 0 radical (unpaired) electrons. The first-order chi connectivity index (χ1) is 13.7. The van der Waals surface area contributed by atoms with Crippen molar-refractivity contribution in [1.82, 2.24) is 0 Å². The van der Waals surface area contributed by atoms with Crippen LogP contribution in [0.15, 0.2) is 36.4 Å². The average Bonchev–Trinajstić information content (AvgIpc) is 2.67. The molecule has 2 aromatic rings. The van der Waals surface area contributed by atoms with Gasteiger partial charge in [-0.15, -0.1) is 0 Å². The molecule has 2 aromatic carbocycles. The molecule has 0 atom stereocenters. The molecule has 2 rings (SSSR count). The zero-order valence-corrected chi connectivity index (χ0v) is 17.1. The molecule has 0 unspecified atom stereocenters. The number of anilines is 3. The van der Waals surface area contributed by atoms with Crippen LogP contribution in [0.5, 0.6) is 11.5 Å². The summed E-state index contributed by atoms with van der Waals surface area (Å²) >= 11 is 10.3. The number of ether oxygens (including phenoxy) is 2. The number of amides is 3. The fraction of sp³-hybridized carbons (Fsp3) is 0.167. The number of rotatable bonds is 7. The third-order valence-corrected chi connectivity index (χ3v) is 4.15. The molecule has 29 heavy (non-hydrogen) atoms. The molecule has 0 saturated carbocycles. The number of aliphatic carboxylic acids is 1. The molecule has 0 aliphatic carbocycles. The summed E-state index contributed by atoms with van der Waals surface area (Å²) < 4.78 is 11.2. The number of carbonyl (C=O) groups excluding carboxylic acids is 2. The number of carboxylic acids is 1. The predicted octanol–water partition coefficient (Wildman–Crippen LogP) is 3.65. The summed E-state index contributed by atoms with van der Waals surface area (Å²) in [5.74, 6) is -1.13. The van der Waals surface area contributed by atoms with Crippen LogP contribution in [0.2, 0.25) is 5.02 Å². The number of carboxylic acid groups (broad SMARTS) is 1. The molecule has 11 heteroatoms. The van der Waals surface area contributed by atoms with Crippen molar-refractivity contribution in [3.63, 3.8) is 0 Å². The monoisotopic (exact) mass is 439 g/mol. The van der Waals surface area contributed by atoms with Gasteiger partial charge in [-0.1, -0.05) is 24.4 Å². The molecule has 0 spiro atoms. The normalized spacial score (nSPS) is 10.1. The highest BCUT2D eigenvalue weighted by Gasteiger charge is 2.20. The minimum atomic E-state index is -1.20. The van der Waals surface area contributed by atoms with E-state index < -0.39 is 18.6 Å². The maximum absolute atomic E-state index is 12.6. The van der Waals surface area contributed by atoms with Crippen molar-refractivity contribution in [3.8, 4) is 11.5 Å². The van der Waals surface area contributed by atoms with Crippen LogP contribution in [0, 0.1) is 0 Å². The van der Waals surface area contributed by atoms with Crippen molar-refractivity contribution < 1.29 is 29.0 Å². The zero-order chi connectivity index (χ0) is 21.6. The van der Waals surface area contributed by atoms with Gasteiger partial charge >= 0.3 is 12.0 Å². The molecule has 0 fully saturated rings. The lowest BCUT2D eigenvalue weighted by Gasteiger charge is -2.21. The van der Waals surface area contributed by atoms with E-state index in [1.54, 1.807) is 24.3 Å². The van der Waals surface area contributed by atoms with Crippen molar-refractivity contribution in [2.75, 3.05) is 28.7 Å². The van der Waals surface area contributed by atoms with Crippen LogP contribution in [0.1, 0.15) is 6.92 Å². The second-order valence-electron chi connectivity index (χ2n) is 5.64. The standard InChI is InChI=1S/C18H18ClN3O6S/c1-10(23)20-11-3-5-12(6-4-11)21-18(26)22(29)14-7-13(19)15(27-2)8-16(14)28-9-17(24)25/h3-8,29H,9H2,1-2H3,(H,20,23)(H,21,26)(H,24,25). The van der Waals surface area contributed by atoms with Crippen molar-refractivity contribution in [1.29, 1.82) is 0 Å². The number of nitrogens with one attached hydrogen (secondary N) is 2. The van der Waals surface area contributed by atoms with E-state index in [1.165, 1.54) is 26.2 Å². The van der Waals surface area contributed by atoms with Gasteiger partial charge < -0.3 is 25.2 Å². The van der Waals surface area contributed by atoms with Crippen molar-refractivity contribution >= 4 is 59.4 Å². The van der Waals surface area contributed by atoms with Crippen LogP contribution in [-0.2, 0) is 9.59 Å². The van der Waals surface area contributed by atoms with Crippen LogP contribution in [0.4, 0.5) is 21.9 Å². The van der Waals surface area contributed by atoms with Gasteiger partial charge in [0, 0.05) is 24.4 Å². The van der Waals surface area contributed by atoms with Crippen LogP contribution in [-0.4, -0.2) is 36.7 Å². The number of nitrogens with zero attached hydrogens (tertiary/aromatic N) is 1. The van der Waals surface area contributed by atoms with Gasteiger partial charge in [0.2, 0.25) is 5.91 Å². The molecule has 0 aliphatic rings. The molecule has 0 bridgehead atoms. The van der Waals surface area contributed by atoms with Crippen molar-refractivity contribution in [2.45, 2.75) is 6.92 Å². The van der Waals surface area contributed by atoms with Crippen LogP contribution >= 0.6 is 24.4 Å². The first kappa shape index (κ1) is 22.2. The Morgan fingerprint density at radius 3 is 2.21 bits per heavy atom. The first-order valence-electron chi connectivity index (χ1n) is 8.11. The number of carbonyl (C=O) groups is 3. The van der Waals surface area contributed by atoms with E-state index in [1.807, 2.05) is 0 Å². The Morgan fingerprint density at radius 1 is 1.10 bits per heavy atom. The third-order valence-electron chi connectivity index (χ3n) is 3.46. The third kappa shape index (κ3) is 6.19. The molecule has 0 saturated heterocycles. The number of urea groups is 1. The minimum Gasteiger partial charge on any atom is -0.495 e. The molecule has 154 valence electrons. The summed E-state index contributed by atoms with van der Waals surface area (Å²) in [4.78, 5) is 34.4. The molecule has 3 N–H and O–H groups in total. The highest BCUT2D eigenvalue weighted by molar-refractivity contribution is 7.82. The number of hydrogen-bond donors (Lipinski definition) is 4. The van der Waals surface area contributed by atoms with Gasteiger partial charge in [0.25, 0.3) is 0 Å². The van der Waals surface area contributed by atoms with Gasteiger partial charge in [0.1, 0.15) is 17.2 Å². The smallest absolute Gasteiger partial charge is 0.341 e. The Labute approximate surface area is 177 Å². The second-order valence-corrected chi connectivity index (χ2v) is 6.44. The topological polar surface area (TPSA) is 117 Å². The molecular weight excluding hydrogens is 422 g/mol. The zero-order valence-electron chi connectivity index (χ0n) is 15.4. The highest BCUT2D eigenvalue weighted by atomic mass is 35.5. The van der Waals surface area contributed by atoms with E-state index in [0.717, 1.165) is 4.31 Å². The Bertz CT molecular complexity index is 923. The quantitative estimate of drug-likeness (QED) is 0.489. The Kier molecular flexibility index (Phi) is 7.57. The van der Waals surface area contributed by atoms with Gasteiger partial charge in [-0.25, -0.2) is 13.9 Å². The van der Waals surface area contributed by atoms with E-state index in [0.29, 0.717) is 11.4 Å². The van der Waals surface area contributed by atoms with Gasteiger partial charge in [0.05, 0.1) is 12.1 Å². The average molecular weight is 440 g/mol. The molecule has 9 nitrogen and oxygen atoms in total. The minimum absolute atomic E-state index is 0.0415. The summed E-state index contributed by atoms with van der Waals surface area (Å²) in [5.41, 5.74) is 1.13. The highest BCUT2D eigenvalue weighted by Crippen LogP contribution is 2.39. The second kappa shape index (κ2) is 9.89. The summed E-state index contributed by atoms with van der Waals surface area (Å²) in [6, 6.07) is 8.49.